The second-order valence-corrected chi connectivity index (χ2v) is 8.69. The van der Waals surface area contributed by atoms with Gasteiger partial charge in [-0.3, -0.25) is 0 Å². The van der Waals surface area contributed by atoms with Crippen LogP contribution in [0.5, 0.6) is 5.75 Å². The monoisotopic (exact) mass is 429 g/mol. The molecule has 0 saturated carbocycles. The van der Waals surface area contributed by atoms with Crippen molar-refractivity contribution in [3.05, 3.63) is 77.9 Å². The van der Waals surface area contributed by atoms with Crippen molar-refractivity contribution in [1.82, 2.24) is 4.98 Å². The van der Waals surface area contributed by atoms with Crippen LogP contribution in [0.3, 0.4) is 0 Å². The van der Waals surface area contributed by atoms with Crippen LogP contribution in [0.4, 0.5) is 0 Å². The molecule has 2 heteroatoms. The van der Waals surface area contributed by atoms with Crippen LogP contribution in [0.25, 0.3) is 21.8 Å². The summed E-state index contributed by atoms with van der Waals surface area (Å²) in [6, 6.07) is 10.3. The molecule has 0 aliphatic heterocycles. The van der Waals surface area contributed by atoms with Crippen molar-refractivity contribution in [3.8, 4) is 5.75 Å². The van der Waals surface area contributed by atoms with Crippen LogP contribution in [-0.2, 0) is 6.42 Å². The van der Waals surface area contributed by atoms with Gasteiger partial charge in [-0.05, 0) is 75.1 Å². The molecule has 0 fully saturated rings. The number of aromatic amines is 1. The number of nitrogens with one attached hydrogen (secondary N) is 1. The fourth-order valence-electron chi connectivity index (χ4n) is 4.37. The van der Waals surface area contributed by atoms with E-state index in [1.54, 1.807) is 0 Å². The molecule has 0 saturated heterocycles. The number of aromatic nitrogens is 1. The Hall–Kier alpha value is -2.74. The number of allylic oxidation sites excluding steroid dienone is 6. The molecule has 170 valence electrons. The Morgan fingerprint density at radius 2 is 1.50 bits per heavy atom. The van der Waals surface area contributed by atoms with Gasteiger partial charge in [-0.2, -0.15) is 0 Å². The van der Waals surface area contributed by atoms with Crippen LogP contribution >= 0.6 is 0 Å². The molecule has 0 radical (unpaired) electrons. The summed E-state index contributed by atoms with van der Waals surface area (Å²) in [6.07, 6.45) is 25.2. The van der Waals surface area contributed by atoms with E-state index in [4.69, 9.17) is 0 Å². The number of aryl methyl sites for hydroxylation is 1. The summed E-state index contributed by atoms with van der Waals surface area (Å²) in [7, 11) is 0. The van der Waals surface area contributed by atoms with Crippen molar-refractivity contribution in [3.63, 3.8) is 0 Å². The van der Waals surface area contributed by atoms with E-state index in [-0.39, 0.29) is 0 Å². The normalized spacial score (nSPS) is 12.4. The van der Waals surface area contributed by atoms with E-state index in [0.717, 1.165) is 42.1 Å². The Kier molecular flexibility index (Phi) is 9.68. The fourth-order valence-corrected chi connectivity index (χ4v) is 4.37. The molecule has 1 aromatic heterocycles. The number of aromatic hydroxyl groups is 1. The summed E-state index contributed by atoms with van der Waals surface area (Å²) in [5.41, 5.74) is 4.63. The molecule has 2 nitrogen and oxygen atoms in total. The third-order valence-corrected chi connectivity index (χ3v) is 6.24. The molecule has 0 atom stereocenters. The largest absolute Gasteiger partial charge is 0.508 e. The van der Waals surface area contributed by atoms with Gasteiger partial charge in [-0.15, -0.1) is 0 Å². The highest BCUT2D eigenvalue weighted by Crippen LogP contribution is 2.35. The Morgan fingerprint density at radius 1 is 0.812 bits per heavy atom. The molecule has 32 heavy (non-hydrogen) atoms. The molecule has 0 aliphatic rings. The fraction of sp³-hybridized carbons (Fsp3) is 0.400. The van der Waals surface area contributed by atoms with Crippen molar-refractivity contribution >= 4 is 21.8 Å². The minimum absolute atomic E-state index is 0.413. The van der Waals surface area contributed by atoms with Gasteiger partial charge in [0.2, 0.25) is 0 Å². The number of rotatable bonds is 13. The topological polar surface area (TPSA) is 36.0 Å². The molecule has 2 aromatic carbocycles. The number of phenolic OH excluding ortho intramolecular Hbond substituents is 1. The van der Waals surface area contributed by atoms with E-state index in [1.807, 2.05) is 13.0 Å². The van der Waals surface area contributed by atoms with Crippen LogP contribution in [0, 0.1) is 6.92 Å². The third-order valence-electron chi connectivity index (χ3n) is 6.24. The van der Waals surface area contributed by atoms with Crippen molar-refractivity contribution in [2.75, 3.05) is 0 Å². The zero-order valence-electron chi connectivity index (χ0n) is 19.9. The number of fused-ring (bicyclic) bond motifs is 3. The quantitative estimate of drug-likeness (QED) is 0.206. The molecule has 0 aliphatic carbocycles. The predicted octanol–water partition coefficient (Wildman–Crippen LogP) is 9.08. The standard InChI is InChI=1S/C30H39NO/c1-3-4-5-6-7-8-9-10-11-12-13-14-15-16-17-20-25-24(2)29(32)23-27-26-21-18-19-22-28(26)31-30(25)27/h4-5,7-8,10-11,18-19,21-23,31-32H,3,6,9,12-17,20H2,1-2H3/b5-4+,8-7+,11-10+. The van der Waals surface area contributed by atoms with Crippen molar-refractivity contribution in [2.24, 2.45) is 0 Å². The number of hydrogen-bond donors (Lipinski definition) is 2. The second kappa shape index (κ2) is 13.0. The number of hydrogen-bond acceptors (Lipinski definition) is 1. The Bertz CT molecular complexity index is 1070. The lowest BCUT2D eigenvalue weighted by molar-refractivity contribution is 0.471. The smallest absolute Gasteiger partial charge is 0.119 e. The molecule has 0 bridgehead atoms. The Labute approximate surface area is 193 Å². The Balaban J connectivity index is 1.38. The molecule has 0 unspecified atom stereocenters. The zero-order valence-corrected chi connectivity index (χ0v) is 19.9. The van der Waals surface area contributed by atoms with Gasteiger partial charge in [0.05, 0.1) is 5.52 Å². The molecule has 2 N–H and O–H groups in total. The van der Waals surface area contributed by atoms with E-state index < -0.39 is 0 Å². The molecule has 1 heterocycles. The zero-order chi connectivity index (χ0) is 22.6. The number of phenols is 1. The maximum atomic E-state index is 10.5. The average Bonchev–Trinajstić information content (AvgIpc) is 3.16. The lowest BCUT2D eigenvalue weighted by Gasteiger charge is -2.10. The minimum atomic E-state index is 0.413. The third kappa shape index (κ3) is 6.63. The van der Waals surface area contributed by atoms with Crippen LogP contribution < -0.4 is 0 Å². The van der Waals surface area contributed by atoms with E-state index in [2.05, 4.69) is 72.6 Å². The van der Waals surface area contributed by atoms with Gasteiger partial charge in [0, 0.05) is 16.3 Å². The van der Waals surface area contributed by atoms with E-state index >= 15 is 0 Å². The van der Waals surface area contributed by atoms with E-state index in [9.17, 15) is 5.11 Å². The predicted molar refractivity (Wildman–Crippen MR) is 141 cm³/mol. The van der Waals surface area contributed by atoms with Crippen LogP contribution in [0.2, 0.25) is 0 Å². The first-order valence-electron chi connectivity index (χ1n) is 12.4. The summed E-state index contributed by atoms with van der Waals surface area (Å²) in [5, 5.41) is 12.8. The number of para-hydroxylation sites is 1. The maximum absolute atomic E-state index is 10.5. The van der Waals surface area contributed by atoms with Gasteiger partial charge >= 0.3 is 0 Å². The van der Waals surface area contributed by atoms with Crippen molar-refractivity contribution in [2.45, 2.75) is 78.1 Å². The van der Waals surface area contributed by atoms with Crippen LogP contribution in [-0.4, -0.2) is 10.1 Å². The first-order valence-corrected chi connectivity index (χ1v) is 12.4. The summed E-state index contributed by atoms with van der Waals surface area (Å²) in [5.74, 6) is 0.413. The SMILES string of the molecule is CC/C=C/C/C=C/C/C=C/CCCCCCCc1c(C)c(O)cc2c1[nH]c1ccccc12. The highest BCUT2D eigenvalue weighted by Gasteiger charge is 2.13. The molecular weight excluding hydrogens is 390 g/mol. The van der Waals surface area contributed by atoms with E-state index in [0.29, 0.717) is 5.75 Å². The number of benzene rings is 2. The minimum Gasteiger partial charge on any atom is -0.508 e. The number of unbranched alkanes of at least 4 members (excludes halogenated alkanes) is 5. The van der Waals surface area contributed by atoms with Gasteiger partial charge in [0.15, 0.2) is 0 Å². The highest BCUT2D eigenvalue weighted by molar-refractivity contribution is 6.09. The van der Waals surface area contributed by atoms with Gasteiger partial charge < -0.3 is 10.1 Å². The maximum Gasteiger partial charge on any atom is 0.119 e. The van der Waals surface area contributed by atoms with Gasteiger partial charge in [0.1, 0.15) is 5.75 Å². The molecule has 3 rings (SSSR count). The van der Waals surface area contributed by atoms with Crippen LogP contribution in [0.15, 0.2) is 66.8 Å². The lowest BCUT2D eigenvalue weighted by Crippen LogP contribution is -1.93. The summed E-state index contributed by atoms with van der Waals surface area (Å²) >= 11 is 0. The molecule has 3 aromatic rings. The highest BCUT2D eigenvalue weighted by atomic mass is 16.3. The summed E-state index contributed by atoms with van der Waals surface area (Å²) in [6.45, 7) is 4.21. The van der Waals surface area contributed by atoms with Crippen molar-refractivity contribution in [1.29, 1.82) is 0 Å². The van der Waals surface area contributed by atoms with E-state index in [1.165, 1.54) is 55.0 Å². The summed E-state index contributed by atoms with van der Waals surface area (Å²) in [4.78, 5) is 3.59. The van der Waals surface area contributed by atoms with Crippen LogP contribution in [0.1, 0.15) is 75.8 Å². The van der Waals surface area contributed by atoms with Gasteiger partial charge in [0.25, 0.3) is 0 Å². The first kappa shape index (κ1) is 23.9. The second-order valence-electron chi connectivity index (χ2n) is 8.69. The van der Waals surface area contributed by atoms with Crippen molar-refractivity contribution < 1.29 is 5.11 Å². The average molecular weight is 430 g/mol. The molecule has 0 amide bonds. The first-order chi connectivity index (χ1) is 15.7. The lowest BCUT2D eigenvalue weighted by atomic mass is 9.97. The number of H-pyrrole nitrogens is 1. The Morgan fingerprint density at radius 3 is 2.31 bits per heavy atom. The molecule has 0 spiro atoms. The summed E-state index contributed by atoms with van der Waals surface area (Å²) < 4.78 is 0. The van der Waals surface area contributed by atoms with Gasteiger partial charge in [-0.25, -0.2) is 0 Å². The van der Waals surface area contributed by atoms with Gasteiger partial charge in [-0.1, -0.05) is 80.8 Å². The molecular formula is C30H39NO.